The third kappa shape index (κ3) is 2.73. The number of amides is 1. The van der Waals surface area contributed by atoms with Crippen LogP contribution in [0.5, 0.6) is 0 Å². The molecule has 5 heteroatoms. The molecule has 0 radical (unpaired) electrons. The van der Waals surface area contributed by atoms with Crippen molar-refractivity contribution in [3.05, 3.63) is 52.5 Å². The van der Waals surface area contributed by atoms with E-state index in [1.807, 2.05) is 40.6 Å². The normalized spacial score (nSPS) is 18.2. The van der Waals surface area contributed by atoms with E-state index in [1.165, 1.54) is 0 Å². The highest BCUT2D eigenvalue weighted by atomic mass is 32.1. The molecule has 4 nitrogen and oxygen atoms in total. The predicted octanol–water partition coefficient (Wildman–Crippen LogP) is 3.93. The van der Waals surface area contributed by atoms with Crippen molar-refractivity contribution in [1.82, 2.24) is 14.5 Å². The van der Waals surface area contributed by atoms with E-state index in [9.17, 15) is 4.79 Å². The van der Waals surface area contributed by atoms with Gasteiger partial charge in [0.1, 0.15) is 5.82 Å². The Morgan fingerprint density at radius 1 is 1.25 bits per heavy atom. The zero-order valence-electron chi connectivity index (χ0n) is 13.8. The number of thiophene rings is 1. The molecule has 1 aliphatic rings. The minimum Gasteiger partial charge on any atom is -0.332 e. The lowest BCUT2D eigenvalue weighted by Gasteiger charge is -2.35. The largest absolute Gasteiger partial charge is 0.332 e. The fourth-order valence-electron chi connectivity index (χ4n) is 3.62. The monoisotopic (exact) mass is 339 g/mol. The Labute approximate surface area is 145 Å². The first kappa shape index (κ1) is 15.4. The summed E-state index contributed by atoms with van der Waals surface area (Å²) in [6.07, 6.45) is 3.72. The zero-order chi connectivity index (χ0) is 16.5. The van der Waals surface area contributed by atoms with Crippen molar-refractivity contribution in [3.63, 3.8) is 0 Å². The third-order valence-corrected chi connectivity index (χ3v) is 5.72. The van der Waals surface area contributed by atoms with Crippen LogP contribution in [0.4, 0.5) is 0 Å². The molecule has 2 aromatic heterocycles. The summed E-state index contributed by atoms with van der Waals surface area (Å²) in [6.45, 7) is 0.831. The van der Waals surface area contributed by atoms with E-state index < -0.39 is 0 Å². The first-order valence-corrected chi connectivity index (χ1v) is 9.35. The van der Waals surface area contributed by atoms with Crippen LogP contribution >= 0.6 is 11.3 Å². The fourth-order valence-corrected chi connectivity index (χ4v) is 4.32. The average molecular weight is 339 g/mol. The van der Waals surface area contributed by atoms with Crippen LogP contribution in [0.15, 0.2) is 41.8 Å². The van der Waals surface area contributed by atoms with E-state index >= 15 is 0 Å². The van der Waals surface area contributed by atoms with Gasteiger partial charge in [-0.3, -0.25) is 4.79 Å². The summed E-state index contributed by atoms with van der Waals surface area (Å²) in [7, 11) is 2.06. The lowest BCUT2D eigenvalue weighted by atomic mass is 10.0. The van der Waals surface area contributed by atoms with E-state index in [1.54, 1.807) is 11.3 Å². The molecule has 1 amide bonds. The number of aryl methyl sites for hydroxylation is 1. The number of hydrogen-bond acceptors (Lipinski definition) is 3. The van der Waals surface area contributed by atoms with Gasteiger partial charge in [0.25, 0.3) is 0 Å². The molecule has 3 heterocycles. The van der Waals surface area contributed by atoms with Gasteiger partial charge in [-0.15, -0.1) is 11.3 Å². The van der Waals surface area contributed by atoms with Gasteiger partial charge in [-0.1, -0.05) is 18.2 Å². The van der Waals surface area contributed by atoms with Crippen molar-refractivity contribution >= 4 is 28.3 Å². The van der Waals surface area contributed by atoms with Gasteiger partial charge in [0.05, 0.1) is 23.5 Å². The van der Waals surface area contributed by atoms with Gasteiger partial charge in [-0.05, 0) is 42.8 Å². The Bertz CT molecular complexity index is 853. The Morgan fingerprint density at radius 3 is 2.92 bits per heavy atom. The summed E-state index contributed by atoms with van der Waals surface area (Å²) < 4.78 is 2.15. The number of carbonyl (C=O) groups is 1. The van der Waals surface area contributed by atoms with Gasteiger partial charge < -0.3 is 9.47 Å². The molecule has 24 heavy (non-hydrogen) atoms. The highest BCUT2D eigenvalue weighted by Gasteiger charge is 2.31. The smallest absolute Gasteiger partial charge is 0.228 e. The summed E-state index contributed by atoms with van der Waals surface area (Å²) in [5.41, 5.74) is 2.13. The standard InChI is InChI=1S/C19H21N3OS/c1-21-16-9-3-2-8-15(16)20-19(21)17-10-4-5-11-22(17)18(23)13-14-7-6-12-24-14/h2-3,6-9,12,17H,4-5,10-11,13H2,1H3/t17-/m0/s1. The van der Waals surface area contributed by atoms with Crippen molar-refractivity contribution in [2.45, 2.75) is 31.7 Å². The minimum atomic E-state index is 0.0867. The molecule has 1 fully saturated rings. The maximum absolute atomic E-state index is 12.9. The van der Waals surface area contributed by atoms with E-state index in [2.05, 4.69) is 17.7 Å². The summed E-state index contributed by atoms with van der Waals surface area (Å²) in [6, 6.07) is 12.3. The van der Waals surface area contributed by atoms with Gasteiger partial charge in [-0.25, -0.2) is 4.98 Å². The molecular formula is C19H21N3OS. The average Bonchev–Trinajstić information content (AvgIpc) is 3.23. The Balaban J connectivity index is 1.65. The molecular weight excluding hydrogens is 318 g/mol. The number of para-hydroxylation sites is 2. The number of nitrogens with zero attached hydrogens (tertiary/aromatic N) is 3. The van der Waals surface area contributed by atoms with E-state index in [0.717, 1.165) is 47.5 Å². The number of fused-ring (bicyclic) bond motifs is 1. The SMILES string of the molecule is Cn1c([C@@H]2CCCCN2C(=O)Cc2cccs2)nc2ccccc21. The number of piperidine rings is 1. The maximum Gasteiger partial charge on any atom is 0.228 e. The lowest BCUT2D eigenvalue weighted by molar-refractivity contribution is -0.134. The van der Waals surface area contributed by atoms with Crippen molar-refractivity contribution < 1.29 is 4.79 Å². The van der Waals surface area contributed by atoms with E-state index in [4.69, 9.17) is 4.98 Å². The molecule has 1 saturated heterocycles. The molecule has 0 saturated carbocycles. The number of aromatic nitrogens is 2. The molecule has 0 unspecified atom stereocenters. The second-order valence-corrected chi connectivity index (χ2v) is 7.40. The quantitative estimate of drug-likeness (QED) is 0.725. The molecule has 1 aromatic carbocycles. The predicted molar refractivity (Wildman–Crippen MR) is 97.0 cm³/mol. The van der Waals surface area contributed by atoms with Gasteiger partial charge in [0, 0.05) is 18.5 Å². The maximum atomic E-state index is 12.9. The molecule has 0 bridgehead atoms. The van der Waals surface area contributed by atoms with Gasteiger partial charge in [0.15, 0.2) is 0 Å². The van der Waals surface area contributed by atoms with Crippen molar-refractivity contribution in [3.8, 4) is 0 Å². The van der Waals surface area contributed by atoms with Crippen LogP contribution in [-0.2, 0) is 18.3 Å². The van der Waals surface area contributed by atoms with E-state index in [-0.39, 0.29) is 11.9 Å². The van der Waals surface area contributed by atoms with Crippen LogP contribution in [0, 0.1) is 0 Å². The number of benzene rings is 1. The van der Waals surface area contributed by atoms with E-state index in [0.29, 0.717) is 6.42 Å². The number of imidazole rings is 1. The molecule has 1 atom stereocenters. The van der Waals surface area contributed by atoms with Crippen LogP contribution in [0.3, 0.4) is 0 Å². The Morgan fingerprint density at radius 2 is 2.12 bits per heavy atom. The molecule has 0 spiro atoms. The third-order valence-electron chi connectivity index (χ3n) is 4.85. The lowest BCUT2D eigenvalue weighted by Crippen LogP contribution is -2.40. The molecule has 1 aliphatic heterocycles. The van der Waals surface area contributed by atoms with Gasteiger partial charge in [-0.2, -0.15) is 0 Å². The zero-order valence-corrected chi connectivity index (χ0v) is 14.6. The second kappa shape index (κ2) is 6.40. The van der Waals surface area contributed by atoms with Crippen LogP contribution in [-0.4, -0.2) is 26.9 Å². The number of rotatable bonds is 3. The minimum absolute atomic E-state index is 0.0867. The highest BCUT2D eigenvalue weighted by molar-refractivity contribution is 7.10. The van der Waals surface area contributed by atoms with Crippen LogP contribution in [0.25, 0.3) is 11.0 Å². The van der Waals surface area contributed by atoms with Gasteiger partial charge >= 0.3 is 0 Å². The Hall–Kier alpha value is -2.14. The number of likely N-dealkylation sites (tertiary alicyclic amines) is 1. The summed E-state index contributed by atoms with van der Waals surface area (Å²) in [4.78, 5) is 20.9. The molecule has 124 valence electrons. The first-order chi connectivity index (χ1) is 11.7. The van der Waals surface area contributed by atoms with Crippen molar-refractivity contribution in [1.29, 1.82) is 0 Å². The molecule has 4 rings (SSSR count). The van der Waals surface area contributed by atoms with Crippen LogP contribution in [0.1, 0.15) is 36.0 Å². The topological polar surface area (TPSA) is 38.1 Å². The molecule has 0 N–H and O–H groups in total. The molecule has 0 aliphatic carbocycles. The summed E-state index contributed by atoms with van der Waals surface area (Å²) in [5.74, 6) is 1.23. The van der Waals surface area contributed by atoms with Gasteiger partial charge in [0.2, 0.25) is 5.91 Å². The fraction of sp³-hybridized carbons (Fsp3) is 0.368. The van der Waals surface area contributed by atoms with Crippen LogP contribution < -0.4 is 0 Å². The Kier molecular flexibility index (Phi) is 4.10. The number of hydrogen-bond donors (Lipinski definition) is 0. The van der Waals surface area contributed by atoms with Crippen molar-refractivity contribution in [2.24, 2.45) is 7.05 Å². The number of carbonyl (C=O) groups excluding carboxylic acids is 1. The second-order valence-electron chi connectivity index (χ2n) is 6.37. The molecule has 3 aromatic rings. The first-order valence-electron chi connectivity index (χ1n) is 8.47. The highest BCUT2D eigenvalue weighted by Crippen LogP contribution is 2.32. The summed E-state index contributed by atoms with van der Waals surface area (Å²) in [5, 5.41) is 2.03. The van der Waals surface area contributed by atoms with Crippen molar-refractivity contribution in [2.75, 3.05) is 6.54 Å². The summed E-state index contributed by atoms with van der Waals surface area (Å²) >= 11 is 1.65. The van der Waals surface area contributed by atoms with Crippen LogP contribution in [0.2, 0.25) is 0 Å².